The molecule has 0 spiro atoms. The summed E-state index contributed by atoms with van der Waals surface area (Å²) in [4.78, 5) is 21.3. The van der Waals surface area contributed by atoms with Gasteiger partial charge in [0.1, 0.15) is 11.9 Å². The molecule has 1 atom stereocenters. The van der Waals surface area contributed by atoms with Gasteiger partial charge >= 0.3 is 0 Å². The number of nitrogens with zero attached hydrogens (tertiary/aromatic N) is 3. The van der Waals surface area contributed by atoms with Gasteiger partial charge in [-0.05, 0) is 31.9 Å². The zero-order chi connectivity index (χ0) is 13.9. The standard InChI is InChI=1S/C15H21N3O2/c1-12-4-2-6-14(16-12)18-7-3-5-13(18)15(19)17-8-10-20-11-9-17/h2,4,6,13H,3,5,7-11H2,1H3. The van der Waals surface area contributed by atoms with Crippen LogP contribution in [0.25, 0.3) is 0 Å². The second-order valence-corrected chi connectivity index (χ2v) is 5.43. The van der Waals surface area contributed by atoms with Crippen LogP contribution in [0, 0.1) is 6.92 Å². The first-order valence-electron chi connectivity index (χ1n) is 7.32. The molecule has 0 radical (unpaired) electrons. The zero-order valence-corrected chi connectivity index (χ0v) is 11.9. The number of aryl methyl sites for hydroxylation is 1. The van der Waals surface area contributed by atoms with E-state index in [-0.39, 0.29) is 11.9 Å². The van der Waals surface area contributed by atoms with Gasteiger partial charge in [-0.25, -0.2) is 4.98 Å². The maximum Gasteiger partial charge on any atom is 0.245 e. The van der Waals surface area contributed by atoms with Crippen molar-refractivity contribution in [2.24, 2.45) is 0 Å². The summed E-state index contributed by atoms with van der Waals surface area (Å²) in [5.41, 5.74) is 0.993. The molecule has 2 fully saturated rings. The third-order valence-corrected chi connectivity index (χ3v) is 4.03. The van der Waals surface area contributed by atoms with Crippen LogP contribution in [-0.4, -0.2) is 54.7 Å². The summed E-state index contributed by atoms with van der Waals surface area (Å²) in [6.07, 6.45) is 1.97. The maximum atomic E-state index is 12.7. The Bertz CT molecular complexity index is 486. The van der Waals surface area contributed by atoms with Gasteiger partial charge in [-0.1, -0.05) is 6.07 Å². The Balaban J connectivity index is 1.76. The molecule has 1 aromatic heterocycles. The van der Waals surface area contributed by atoms with E-state index < -0.39 is 0 Å². The SMILES string of the molecule is Cc1cccc(N2CCCC2C(=O)N2CCOCC2)n1. The van der Waals surface area contributed by atoms with Crippen molar-refractivity contribution in [3.63, 3.8) is 0 Å². The molecule has 20 heavy (non-hydrogen) atoms. The molecule has 5 nitrogen and oxygen atoms in total. The first-order chi connectivity index (χ1) is 9.75. The van der Waals surface area contributed by atoms with Crippen LogP contribution in [-0.2, 0) is 9.53 Å². The highest BCUT2D eigenvalue weighted by Crippen LogP contribution is 2.25. The molecule has 2 aliphatic rings. The summed E-state index contributed by atoms with van der Waals surface area (Å²) in [7, 11) is 0. The highest BCUT2D eigenvalue weighted by molar-refractivity contribution is 5.85. The lowest BCUT2D eigenvalue weighted by molar-refractivity contribution is -0.136. The number of morpholine rings is 1. The fourth-order valence-corrected chi connectivity index (χ4v) is 2.98. The predicted molar refractivity (Wildman–Crippen MR) is 76.7 cm³/mol. The summed E-state index contributed by atoms with van der Waals surface area (Å²) in [5, 5.41) is 0. The lowest BCUT2D eigenvalue weighted by Crippen LogP contribution is -2.50. The molecule has 1 unspecified atom stereocenters. The fraction of sp³-hybridized carbons (Fsp3) is 0.600. The van der Waals surface area contributed by atoms with E-state index in [1.54, 1.807) is 0 Å². The van der Waals surface area contributed by atoms with Crippen LogP contribution in [0.2, 0.25) is 0 Å². The minimum absolute atomic E-state index is 0.0533. The number of hydrogen-bond acceptors (Lipinski definition) is 4. The Kier molecular flexibility index (Phi) is 3.87. The number of amides is 1. The topological polar surface area (TPSA) is 45.7 Å². The van der Waals surface area contributed by atoms with E-state index in [1.807, 2.05) is 30.0 Å². The average molecular weight is 275 g/mol. The number of carbonyl (C=O) groups excluding carboxylic acids is 1. The largest absolute Gasteiger partial charge is 0.378 e. The van der Waals surface area contributed by atoms with Crippen molar-refractivity contribution in [2.45, 2.75) is 25.8 Å². The molecular formula is C15H21N3O2. The molecule has 2 aliphatic heterocycles. The van der Waals surface area contributed by atoms with Crippen molar-refractivity contribution in [3.05, 3.63) is 23.9 Å². The summed E-state index contributed by atoms with van der Waals surface area (Å²) >= 11 is 0. The summed E-state index contributed by atoms with van der Waals surface area (Å²) in [6.45, 7) is 5.63. The number of carbonyl (C=O) groups is 1. The van der Waals surface area contributed by atoms with Crippen LogP contribution in [0.4, 0.5) is 5.82 Å². The van der Waals surface area contributed by atoms with Crippen molar-refractivity contribution in [1.29, 1.82) is 0 Å². The van der Waals surface area contributed by atoms with Gasteiger partial charge in [-0.3, -0.25) is 4.79 Å². The molecule has 0 bridgehead atoms. The second-order valence-electron chi connectivity index (χ2n) is 5.43. The highest BCUT2D eigenvalue weighted by atomic mass is 16.5. The second kappa shape index (κ2) is 5.79. The molecule has 0 aromatic carbocycles. The number of ether oxygens (including phenoxy) is 1. The number of pyridine rings is 1. The maximum absolute atomic E-state index is 12.7. The number of hydrogen-bond donors (Lipinski definition) is 0. The molecule has 0 aliphatic carbocycles. The fourth-order valence-electron chi connectivity index (χ4n) is 2.98. The third-order valence-electron chi connectivity index (χ3n) is 4.03. The van der Waals surface area contributed by atoms with E-state index in [1.165, 1.54) is 0 Å². The summed E-state index contributed by atoms with van der Waals surface area (Å²) < 4.78 is 5.32. The van der Waals surface area contributed by atoms with E-state index >= 15 is 0 Å². The highest BCUT2D eigenvalue weighted by Gasteiger charge is 2.34. The average Bonchev–Trinajstić information content (AvgIpc) is 2.97. The minimum Gasteiger partial charge on any atom is -0.378 e. The number of anilines is 1. The van der Waals surface area contributed by atoms with Gasteiger partial charge in [0, 0.05) is 25.3 Å². The molecule has 1 amide bonds. The number of rotatable bonds is 2. The van der Waals surface area contributed by atoms with Gasteiger partial charge in [0.2, 0.25) is 5.91 Å². The Morgan fingerprint density at radius 1 is 1.30 bits per heavy atom. The van der Waals surface area contributed by atoms with Gasteiger partial charge in [-0.15, -0.1) is 0 Å². The molecule has 5 heteroatoms. The summed E-state index contributed by atoms with van der Waals surface area (Å²) in [6, 6.07) is 5.94. The molecule has 3 heterocycles. The first kappa shape index (κ1) is 13.4. The van der Waals surface area contributed by atoms with Crippen LogP contribution < -0.4 is 4.90 Å². The Hall–Kier alpha value is -1.62. The van der Waals surface area contributed by atoms with Crippen LogP contribution >= 0.6 is 0 Å². The van der Waals surface area contributed by atoms with Gasteiger partial charge in [0.25, 0.3) is 0 Å². The third kappa shape index (κ3) is 2.63. The molecular weight excluding hydrogens is 254 g/mol. The molecule has 1 aromatic rings. The smallest absolute Gasteiger partial charge is 0.245 e. The predicted octanol–water partition coefficient (Wildman–Crippen LogP) is 1.22. The number of aromatic nitrogens is 1. The van der Waals surface area contributed by atoms with Crippen molar-refractivity contribution in [3.8, 4) is 0 Å². The monoisotopic (exact) mass is 275 g/mol. The normalized spacial score (nSPS) is 23.1. The molecule has 3 rings (SSSR count). The van der Waals surface area contributed by atoms with Crippen LogP contribution in [0.15, 0.2) is 18.2 Å². The van der Waals surface area contributed by atoms with Crippen molar-refractivity contribution >= 4 is 11.7 Å². The van der Waals surface area contributed by atoms with Crippen molar-refractivity contribution < 1.29 is 9.53 Å². The van der Waals surface area contributed by atoms with Crippen LogP contribution in [0.5, 0.6) is 0 Å². The lowest BCUT2D eigenvalue weighted by atomic mass is 10.2. The van der Waals surface area contributed by atoms with E-state index in [9.17, 15) is 4.79 Å². The van der Waals surface area contributed by atoms with E-state index in [0.717, 1.165) is 30.9 Å². The van der Waals surface area contributed by atoms with E-state index in [2.05, 4.69) is 9.88 Å². The zero-order valence-electron chi connectivity index (χ0n) is 11.9. The Morgan fingerprint density at radius 3 is 2.85 bits per heavy atom. The van der Waals surface area contributed by atoms with Gasteiger partial charge < -0.3 is 14.5 Å². The van der Waals surface area contributed by atoms with Crippen molar-refractivity contribution in [1.82, 2.24) is 9.88 Å². The Morgan fingerprint density at radius 2 is 2.10 bits per heavy atom. The minimum atomic E-state index is -0.0533. The van der Waals surface area contributed by atoms with Crippen LogP contribution in [0.1, 0.15) is 18.5 Å². The van der Waals surface area contributed by atoms with Crippen LogP contribution in [0.3, 0.4) is 0 Å². The van der Waals surface area contributed by atoms with Gasteiger partial charge in [0.15, 0.2) is 0 Å². The first-order valence-corrected chi connectivity index (χ1v) is 7.32. The molecule has 0 saturated carbocycles. The molecule has 108 valence electrons. The van der Waals surface area contributed by atoms with Gasteiger partial charge in [0.05, 0.1) is 13.2 Å². The lowest BCUT2D eigenvalue weighted by Gasteiger charge is -2.33. The molecule has 0 N–H and O–H groups in total. The van der Waals surface area contributed by atoms with Gasteiger partial charge in [-0.2, -0.15) is 0 Å². The van der Waals surface area contributed by atoms with E-state index in [0.29, 0.717) is 26.3 Å². The van der Waals surface area contributed by atoms with Crippen molar-refractivity contribution in [2.75, 3.05) is 37.7 Å². The summed E-state index contributed by atoms with van der Waals surface area (Å²) in [5.74, 6) is 1.16. The van der Waals surface area contributed by atoms with E-state index in [4.69, 9.17) is 4.74 Å². The quantitative estimate of drug-likeness (QED) is 0.814. The Labute approximate surface area is 119 Å². The molecule has 2 saturated heterocycles.